The first-order valence-corrected chi connectivity index (χ1v) is 5.28. The number of rotatable bonds is 5. The predicted octanol–water partition coefficient (Wildman–Crippen LogP) is 1.45. The first kappa shape index (κ1) is 12.6. The highest BCUT2D eigenvalue weighted by atomic mass is 16.4. The minimum Gasteiger partial charge on any atom is -0.481 e. The zero-order valence-corrected chi connectivity index (χ0v) is 9.68. The molecule has 0 aliphatic rings. The lowest BCUT2D eigenvalue weighted by molar-refractivity contribution is -0.138. The predicted molar refractivity (Wildman–Crippen MR) is 62.0 cm³/mol. The van der Waals surface area contributed by atoms with Gasteiger partial charge in [0.1, 0.15) is 0 Å². The molecule has 0 bridgehead atoms. The fourth-order valence-corrected chi connectivity index (χ4v) is 1.62. The number of hydrogen-bond acceptors (Lipinski definition) is 3. The van der Waals surface area contributed by atoms with Crippen LogP contribution < -0.4 is 5.73 Å². The summed E-state index contributed by atoms with van der Waals surface area (Å²) in [6, 6.07) is 3.50. The van der Waals surface area contributed by atoms with Gasteiger partial charge < -0.3 is 10.8 Å². The second kappa shape index (κ2) is 5.07. The molecule has 0 fully saturated rings. The maximum atomic E-state index is 10.6. The highest BCUT2D eigenvalue weighted by Crippen LogP contribution is 2.26. The van der Waals surface area contributed by atoms with Crippen molar-refractivity contribution in [1.82, 2.24) is 4.98 Å². The standard InChI is InChI=1S/C12H18N2O2/c1-12(2,10(13)7-11(15)16)8-9-3-5-14-6-4-9/h3-6,10H,7-8,13H2,1-2H3,(H,15,16)/t10-/m1/s1. The van der Waals surface area contributed by atoms with Crippen molar-refractivity contribution in [3.05, 3.63) is 30.1 Å². The number of hydrogen-bond donors (Lipinski definition) is 2. The summed E-state index contributed by atoms with van der Waals surface area (Å²) in [5.41, 5.74) is 6.79. The molecule has 0 aromatic carbocycles. The van der Waals surface area contributed by atoms with E-state index < -0.39 is 5.97 Å². The molecule has 3 N–H and O–H groups in total. The summed E-state index contributed by atoms with van der Waals surface area (Å²) in [4.78, 5) is 14.6. The lowest BCUT2D eigenvalue weighted by Gasteiger charge is -2.30. The Kier molecular flexibility index (Phi) is 4.01. The molecule has 1 aromatic heterocycles. The van der Waals surface area contributed by atoms with Gasteiger partial charge in [-0.25, -0.2) is 0 Å². The summed E-state index contributed by atoms with van der Waals surface area (Å²) >= 11 is 0. The Morgan fingerprint density at radius 3 is 2.56 bits per heavy atom. The van der Waals surface area contributed by atoms with Crippen LogP contribution in [0.4, 0.5) is 0 Å². The van der Waals surface area contributed by atoms with E-state index in [1.807, 2.05) is 26.0 Å². The highest BCUT2D eigenvalue weighted by molar-refractivity contribution is 5.67. The van der Waals surface area contributed by atoms with E-state index in [9.17, 15) is 4.79 Å². The van der Waals surface area contributed by atoms with E-state index in [2.05, 4.69) is 4.98 Å². The molecule has 0 radical (unpaired) electrons. The van der Waals surface area contributed by atoms with Gasteiger partial charge in [-0.1, -0.05) is 13.8 Å². The molecule has 0 unspecified atom stereocenters. The Bertz CT molecular complexity index is 349. The number of aromatic nitrogens is 1. The zero-order chi connectivity index (χ0) is 12.2. The van der Waals surface area contributed by atoms with Crippen LogP contribution in [0.5, 0.6) is 0 Å². The van der Waals surface area contributed by atoms with Crippen LogP contribution in [0.15, 0.2) is 24.5 Å². The molecule has 16 heavy (non-hydrogen) atoms. The third-order valence-electron chi connectivity index (χ3n) is 2.81. The van der Waals surface area contributed by atoms with Gasteiger partial charge in [0.05, 0.1) is 6.42 Å². The minimum atomic E-state index is -0.852. The van der Waals surface area contributed by atoms with Crippen LogP contribution in [0, 0.1) is 5.41 Å². The molecule has 1 aromatic rings. The molecule has 0 amide bonds. The first-order valence-electron chi connectivity index (χ1n) is 5.28. The molecule has 1 rings (SSSR count). The number of nitrogens with zero attached hydrogens (tertiary/aromatic N) is 1. The van der Waals surface area contributed by atoms with Gasteiger partial charge in [-0.15, -0.1) is 0 Å². The molecule has 0 aliphatic heterocycles. The molecule has 0 spiro atoms. The third-order valence-corrected chi connectivity index (χ3v) is 2.81. The zero-order valence-electron chi connectivity index (χ0n) is 9.68. The number of carbonyl (C=O) groups is 1. The number of nitrogens with two attached hydrogens (primary N) is 1. The van der Waals surface area contributed by atoms with Crippen LogP contribution >= 0.6 is 0 Å². The van der Waals surface area contributed by atoms with Gasteiger partial charge in [-0.05, 0) is 29.5 Å². The van der Waals surface area contributed by atoms with Gasteiger partial charge in [0.15, 0.2) is 0 Å². The summed E-state index contributed by atoms with van der Waals surface area (Å²) in [7, 11) is 0. The van der Waals surface area contributed by atoms with E-state index in [4.69, 9.17) is 10.8 Å². The summed E-state index contributed by atoms with van der Waals surface area (Å²) in [6.45, 7) is 3.97. The Hall–Kier alpha value is -1.42. The Morgan fingerprint density at radius 2 is 2.06 bits per heavy atom. The quantitative estimate of drug-likeness (QED) is 0.790. The molecule has 1 heterocycles. The lowest BCUT2D eigenvalue weighted by atomic mass is 9.78. The van der Waals surface area contributed by atoms with Crippen molar-refractivity contribution in [2.75, 3.05) is 0 Å². The summed E-state index contributed by atoms with van der Waals surface area (Å²) in [6.07, 6.45) is 4.21. The van der Waals surface area contributed by atoms with Gasteiger partial charge in [0, 0.05) is 18.4 Å². The van der Waals surface area contributed by atoms with Crippen molar-refractivity contribution in [2.45, 2.75) is 32.7 Å². The van der Waals surface area contributed by atoms with Gasteiger partial charge in [0.2, 0.25) is 0 Å². The van der Waals surface area contributed by atoms with Crippen LogP contribution in [-0.4, -0.2) is 22.1 Å². The van der Waals surface area contributed by atoms with Gasteiger partial charge >= 0.3 is 5.97 Å². The van der Waals surface area contributed by atoms with Crippen molar-refractivity contribution in [3.8, 4) is 0 Å². The highest BCUT2D eigenvalue weighted by Gasteiger charge is 2.28. The average Bonchev–Trinajstić information content (AvgIpc) is 2.17. The second-order valence-corrected chi connectivity index (χ2v) is 4.73. The molecule has 4 heteroatoms. The fraction of sp³-hybridized carbons (Fsp3) is 0.500. The Morgan fingerprint density at radius 1 is 1.50 bits per heavy atom. The van der Waals surface area contributed by atoms with Crippen molar-refractivity contribution < 1.29 is 9.90 Å². The normalized spacial score (nSPS) is 13.4. The molecule has 88 valence electrons. The van der Waals surface area contributed by atoms with Crippen LogP contribution in [0.1, 0.15) is 25.8 Å². The van der Waals surface area contributed by atoms with Gasteiger partial charge in [-0.3, -0.25) is 9.78 Å². The maximum absolute atomic E-state index is 10.6. The third kappa shape index (κ3) is 3.62. The molecule has 0 aliphatic carbocycles. The van der Waals surface area contributed by atoms with Crippen molar-refractivity contribution >= 4 is 5.97 Å². The topological polar surface area (TPSA) is 76.2 Å². The second-order valence-electron chi connectivity index (χ2n) is 4.73. The summed E-state index contributed by atoms with van der Waals surface area (Å²) in [5.74, 6) is -0.852. The summed E-state index contributed by atoms with van der Waals surface area (Å²) in [5, 5.41) is 8.72. The Balaban J connectivity index is 2.67. The number of aliphatic carboxylic acids is 1. The SMILES string of the molecule is CC(C)(Cc1ccncc1)[C@H](N)CC(=O)O. The largest absolute Gasteiger partial charge is 0.481 e. The molecule has 4 nitrogen and oxygen atoms in total. The van der Waals surface area contributed by atoms with E-state index in [-0.39, 0.29) is 17.9 Å². The monoisotopic (exact) mass is 222 g/mol. The molecule has 1 atom stereocenters. The molecule has 0 saturated heterocycles. The number of carboxylic acid groups (broad SMARTS) is 1. The summed E-state index contributed by atoms with van der Waals surface area (Å²) < 4.78 is 0. The van der Waals surface area contributed by atoms with E-state index in [0.717, 1.165) is 12.0 Å². The first-order chi connectivity index (χ1) is 7.42. The van der Waals surface area contributed by atoms with E-state index >= 15 is 0 Å². The van der Waals surface area contributed by atoms with Crippen molar-refractivity contribution in [1.29, 1.82) is 0 Å². The van der Waals surface area contributed by atoms with E-state index in [1.54, 1.807) is 12.4 Å². The van der Waals surface area contributed by atoms with Gasteiger partial charge in [0.25, 0.3) is 0 Å². The van der Waals surface area contributed by atoms with Crippen molar-refractivity contribution in [3.63, 3.8) is 0 Å². The van der Waals surface area contributed by atoms with Crippen LogP contribution in [0.25, 0.3) is 0 Å². The van der Waals surface area contributed by atoms with Crippen LogP contribution in [-0.2, 0) is 11.2 Å². The number of pyridine rings is 1. The van der Waals surface area contributed by atoms with Crippen molar-refractivity contribution in [2.24, 2.45) is 11.1 Å². The molecular weight excluding hydrogens is 204 g/mol. The van der Waals surface area contributed by atoms with E-state index in [0.29, 0.717) is 0 Å². The van der Waals surface area contributed by atoms with Crippen LogP contribution in [0.2, 0.25) is 0 Å². The fourth-order valence-electron chi connectivity index (χ4n) is 1.62. The average molecular weight is 222 g/mol. The van der Waals surface area contributed by atoms with Crippen LogP contribution in [0.3, 0.4) is 0 Å². The van der Waals surface area contributed by atoms with E-state index in [1.165, 1.54) is 0 Å². The molecule has 0 saturated carbocycles. The minimum absolute atomic E-state index is 0.00190. The van der Waals surface area contributed by atoms with Gasteiger partial charge in [-0.2, -0.15) is 0 Å². The Labute approximate surface area is 95.5 Å². The number of carboxylic acids is 1. The lowest BCUT2D eigenvalue weighted by Crippen LogP contribution is -2.40. The maximum Gasteiger partial charge on any atom is 0.304 e. The smallest absolute Gasteiger partial charge is 0.304 e. The molecular formula is C12H18N2O2.